The highest BCUT2D eigenvalue weighted by molar-refractivity contribution is 5.77. The summed E-state index contributed by atoms with van der Waals surface area (Å²) >= 11 is 0. The van der Waals surface area contributed by atoms with Crippen molar-refractivity contribution >= 4 is 5.78 Å². The monoisotopic (exact) mass is 227 g/mol. The molecular weight excluding hydrogens is 202 g/mol. The molecule has 0 bridgehead atoms. The van der Waals surface area contributed by atoms with Crippen LogP contribution in [-0.2, 0) is 4.79 Å². The lowest BCUT2D eigenvalue weighted by atomic mass is 9.95. The molecule has 94 valence electrons. The Morgan fingerprint density at radius 1 is 1.50 bits per heavy atom. The molecule has 1 aliphatic heterocycles. The average molecular weight is 227 g/mol. The fourth-order valence-electron chi connectivity index (χ4n) is 2.45. The third-order valence-electron chi connectivity index (χ3n) is 3.46. The van der Waals surface area contributed by atoms with Gasteiger partial charge in [0.1, 0.15) is 5.78 Å². The van der Waals surface area contributed by atoms with Crippen LogP contribution in [0.25, 0.3) is 0 Å². The fraction of sp³-hybridized carbons (Fsp3) is 0.923. The van der Waals surface area contributed by atoms with E-state index in [1.54, 1.807) is 0 Å². The first kappa shape index (κ1) is 13.7. The second-order valence-corrected chi connectivity index (χ2v) is 4.82. The Hall–Kier alpha value is -0.410. The summed E-state index contributed by atoms with van der Waals surface area (Å²) in [5.41, 5.74) is 0. The fourth-order valence-corrected chi connectivity index (χ4v) is 2.45. The molecule has 3 nitrogen and oxygen atoms in total. The summed E-state index contributed by atoms with van der Waals surface area (Å²) in [5.74, 6) is 1.05. The van der Waals surface area contributed by atoms with E-state index < -0.39 is 0 Å². The summed E-state index contributed by atoms with van der Waals surface area (Å²) in [7, 11) is 0. The molecule has 0 spiro atoms. The molecule has 0 aromatic carbocycles. The van der Waals surface area contributed by atoms with Crippen molar-refractivity contribution in [3.63, 3.8) is 0 Å². The van der Waals surface area contributed by atoms with Crippen LogP contribution in [0.1, 0.15) is 45.4 Å². The van der Waals surface area contributed by atoms with Gasteiger partial charge in [-0.1, -0.05) is 6.92 Å². The van der Waals surface area contributed by atoms with Gasteiger partial charge >= 0.3 is 0 Å². The lowest BCUT2D eigenvalue weighted by molar-refractivity contribution is -0.118. The van der Waals surface area contributed by atoms with Crippen LogP contribution in [0.2, 0.25) is 0 Å². The van der Waals surface area contributed by atoms with Gasteiger partial charge in [0.05, 0.1) is 0 Å². The number of Topliss-reactive ketones (excluding diaryl/α,β-unsaturated/α-hetero) is 1. The number of aliphatic hydroxyl groups is 1. The summed E-state index contributed by atoms with van der Waals surface area (Å²) < 4.78 is 0. The number of piperidine rings is 1. The largest absolute Gasteiger partial charge is 0.396 e. The van der Waals surface area contributed by atoms with Crippen molar-refractivity contribution in [3.8, 4) is 0 Å². The van der Waals surface area contributed by atoms with Crippen LogP contribution in [0.15, 0.2) is 0 Å². The predicted molar refractivity (Wildman–Crippen MR) is 65.4 cm³/mol. The highest BCUT2D eigenvalue weighted by Crippen LogP contribution is 2.19. The molecule has 0 radical (unpaired) electrons. The van der Waals surface area contributed by atoms with E-state index in [0.717, 1.165) is 32.4 Å². The van der Waals surface area contributed by atoms with Gasteiger partial charge in [-0.25, -0.2) is 0 Å². The summed E-state index contributed by atoms with van der Waals surface area (Å²) in [6.45, 7) is 5.57. The van der Waals surface area contributed by atoms with Crippen LogP contribution >= 0.6 is 0 Å². The van der Waals surface area contributed by atoms with E-state index in [1.807, 2.05) is 6.92 Å². The number of nitrogens with zero attached hydrogens (tertiary/aromatic N) is 1. The summed E-state index contributed by atoms with van der Waals surface area (Å²) in [6, 6.07) is 0. The van der Waals surface area contributed by atoms with E-state index in [-0.39, 0.29) is 0 Å². The second kappa shape index (κ2) is 7.80. The molecule has 1 aliphatic rings. The van der Waals surface area contributed by atoms with Crippen molar-refractivity contribution in [2.75, 3.05) is 26.2 Å². The maximum atomic E-state index is 11.2. The number of hydrogen-bond donors (Lipinski definition) is 1. The standard InChI is InChI=1S/C13H25NO2/c1-2-13(16)6-4-9-14-8-3-5-12(11-14)7-10-15/h12,15H,2-11H2,1H3. The van der Waals surface area contributed by atoms with Crippen molar-refractivity contribution in [3.05, 3.63) is 0 Å². The van der Waals surface area contributed by atoms with Gasteiger partial charge in [-0.2, -0.15) is 0 Å². The van der Waals surface area contributed by atoms with Gasteiger partial charge in [-0.15, -0.1) is 0 Å². The molecule has 0 aliphatic carbocycles. The zero-order valence-electron chi connectivity index (χ0n) is 10.5. The Balaban J connectivity index is 2.14. The summed E-state index contributed by atoms with van der Waals surface area (Å²) in [4.78, 5) is 13.6. The lowest BCUT2D eigenvalue weighted by Crippen LogP contribution is -2.36. The van der Waals surface area contributed by atoms with Crippen LogP contribution in [0.4, 0.5) is 0 Å². The molecule has 1 saturated heterocycles. The Labute approximate surface area is 98.8 Å². The van der Waals surface area contributed by atoms with Crippen molar-refractivity contribution in [1.82, 2.24) is 4.90 Å². The minimum Gasteiger partial charge on any atom is -0.396 e. The zero-order valence-corrected chi connectivity index (χ0v) is 10.5. The molecule has 1 atom stereocenters. The van der Waals surface area contributed by atoms with E-state index in [1.165, 1.54) is 19.4 Å². The molecule has 1 fully saturated rings. The lowest BCUT2D eigenvalue weighted by Gasteiger charge is -2.32. The van der Waals surface area contributed by atoms with Crippen molar-refractivity contribution in [2.24, 2.45) is 5.92 Å². The zero-order chi connectivity index (χ0) is 11.8. The Morgan fingerprint density at radius 2 is 2.31 bits per heavy atom. The van der Waals surface area contributed by atoms with E-state index in [2.05, 4.69) is 4.90 Å². The number of ketones is 1. The van der Waals surface area contributed by atoms with Crippen molar-refractivity contribution in [1.29, 1.82) is 0 Å². The molecule has 1 heterocycles. The van der Waals surface area contributed by atoms with Crippen LogP contribution in [0.5, 0.6) is 0 Å². The Kier molecular flexibility index (Phi) is 6.65. The first-order chi connectivity index (χ1) is 7.76. The van der Waals surface area contributed by atoms with Gasteiger partial charge in [-0.05, 0) is 44.7 Å². The maximum absolute atomic E-state index is 11.2. The number of likely N-dealkylation sites (tertiary alicyclic amines) is 1. The molecule has 0 saturated carbocycles. The quantitative estimate of drug-likeness (QED) is 0.721. The highest BCUT2D eigenvalue weighted by Gasteiger charge is 2.18. The average Bonchev–Trinajstić information content (AvgIpc) is 2.30. The van der Waals surface area contributed by atoms with Crippen LogP contribution in [0.3, 0.4) is 0 Å². The van der Waals surface area contributed by atoms with Crippen LogP contribution in [-0.4, -0.2) is 42.0 Å². The molecule has 0 aromatic heterocycles. The third kappa shape index (κ3) is 5.08. The number of carbonyl (C=O) groups is 1. The Morgan fingerprint density at radius 3 is 3.00 bits per heavy atom. The minimum atomic E-state index is 0.312. The topological polar surface area (TPSA) is 40.5 Å². The summed E-state index contributed by atoms with van der Waals surface area (Å²) in [6.07, 6.45) is 5.84. The molecule has 1 N–H and O–H groups in total. The predicted octanol–water partition coefficient (Wildman–Crippen LogP) is 1.84. The van der Waals surface area contributed by atoms with Gasteiger partial charge in [0.15, 0.2) is 0 Å². The van der Waals surface area contributed by atoms with Gasteiger partial charge < -0.3 is 10.0 Å². The SMILES string of the molecule is CCC(=O)CCCN1CCCC(CCO)C1. The molecule has 3 heteroatoms. The van der Waals surface area contributed by atoms with E-state index in [4.69, 9.17) is 5.11 Å². The number of hydrogen-bond acceptors (Lipinski definition) is 3. The number of aliphatic hydroxyl groups excluding tert-OH is 1. The molecule has 1 unspecified atom stereocenters. The van der Waals surface area contributed by atoms with Crippen LogP contribution < -0.4 is 0 Å². The first-order valence-corrected chi connectivity index (χ1v) is 6.61. The molecule has 1 rings (SSSR count). The highest BCUT2D eigenvalue weighted by atomic mass is 16.3. The van der Waals surface area contributed by atoms with Gasteiger partial charge in [-0.3, -0.25) is 4.79 Å². The van der Waals surface area contributed by atoms with E-state index >= 15 is 0 Å². The number of rotatable bonds is 7. The minimum absolute atomic E-state index is 0.312. The second-order valence-electron chi connectivity index (χ2n) is 4.82. The van der Waals surface area contributed by atoms with E-state index in [0.29, 0.717) is 24.7 Å². The van der Waals surface area contributed by atoms with E-state index in [9.17, 15) is 4.79 Å². The van der Waals surface area contributed by atoms with Gasteiger partial charge in [0, 0.05) is 26.0 Å². The van der Waals surface area contributed by atoms with Crippen LogP contribution in [0, 0.1) is 5.92 Å². The molecule has 16 heavy (non-hydrogen) atoms. The third-order valence-corrected chi connectivity index (χ3v) is 3.46. The molecule has 0 amide bonds. The smallest absolute Gasteiger partial charge is 0.132 e. The summed E-state index contributed by atoms with van der Waals surface area (Å²) in [5, 5.41) is 8.92. The Bertz CT molecular complexity index is 204. The maximum Gasteiger partial charge on any atom is 0.132 e. The van der Waals surface area contributed by atoms with Crippen molar-refractivity contribution < 1.29 is 9.90 Å². The number of carbonyl (C=O) groups excluding carboxylic acids is 1. The van der Waals surface area contributed by atoms with Crippen molar-refractivity contribution in [2.45, 2.75) is 45.4 Å². The normalized spacial score (nSPS) is 22.2. The molecule has 0 aromatic rings. The van der Waals surface area contributed by atoms with Gasteiger partial charge in [0.25, 0.3) is 0 Å². The van der Waals surface area contributed by atoms with Gasteiger partial charge in [0.2, 0.25) is 0 Å². The first-order valence-electron chi connectivity index (χ1n) is 6.61. The molecular formula is C13H25NO2.